The largest absolute Gasteiger partial charge is 0.371 e. The van der Waals surface area contributed by atoms with E-state index in [9.17, 15) is 4.79 Å². The number of aryl methyl sites for hydroxylation is 1. The maximum atomic E-state index is 12.8. The predicted molar refractivity (Wildman–Crippen MR) is 104 cm³/mol. The van der Waals surface area contributed by atoms with Crippen LogP contribution in [0.5, 0.6) is 0 Å². The lowest BCUT2D eigenvalue weighted by Crippen LogP contribution is -2.43. The van der Waals surface area contributed by atoms with E-state index < -0.39 is 0 Å². The fraction of sp³-hybridized carbons (Fsp3) is 0.381. The van der Waals surface area contributed by atoms with Gasteiger partial charge in [-0.2, -0.15) is 5.10 Å². The topological polar surface area (TPSA) is 71.8 Å². The van der Waals surface area contributed by atoms with E-state index in [1.165, 1.54) is 5.56 Å². The fourth-order valence-electron chi connectivity index (χ4n) is 4.24. The number of fused-ring (bicyclic) bond motifs is 2. The Bertz CT molecular complexity index is 1000. The number of ether oxygens (including phenoxy) is 1. The molecular formula is C21H23N5O2. The minimum absolute atomic E-state index is 0.0963. The van der Waals surface area contributed by atoms with Crippen molar-refractivity contribution in [1.29, 1.82) is 0 Å². The zero-order valence-corrected chi connectivity index (χ0v) is 15.8. The Hall–Kier alpha value is -2.77. The first kappa shape index (κ1) is 17.3. The van der Waals surface area contributed by atoms with Crippen molar-refractivity contribution in [2.45, 2.75) is 31.5 Å². The van der Waals surface area contributed by atoms with Crippen molar-refractivity contribution in [2.24, 2.45) is 0 Å². The van der Waals surface area contributed by atoms with Crippen molar-refractivity contribution in [3.8, 4) is 0 Å². The van der Waals surface area contributed by atoms with E-state index in [0.29, 0.717) is 23.9 Å². The lowest BCUT2D eigenvalue weighted by molar-refractivity contribution is -0.0502. The third kappa shape index (κ3) is 3.16. The molecule has 1 amide bonds. The number of hydrogen-bond donors (Lipinski definition) is 1. The summed E-state index contributed by atoms with van der Waals surface area (Å²) in [5.74, 6) is -0.114. The monoisotopic (exact) mass is 377 g/mol. The number of aromatic nitrogens is 3. The lowest BCUT2D eigenvalue weighted by atomic mass is 10.1. The van der Waals surface area contributed by atoms with E-state index in [4.69, 9.17) is 4.74 Å². The molecule has 0 saturated carbocycles. The Kier molecular flexibility index (Phi) is 4.33. The molecule has 1 N–H and O–H groups in total. The highest BCUT2D eigenvalue weighted by molar-refractivity contribution is 5.99. The third-order valence-corrected chi connectivity index (χ3v) is 5.65. The van der Waals surface area contributed by atoms with Gasteiger partial charge >= 0.3 is 0 Å². The van der Waals surface area contributed by atoms with Crippen molar-refractivity contribution in [3.05, 3.63) is 65.6 Å². The van der Waals surface area contributed by atoms with Gasteiger partial charge in [-0.3, -0.25) is 9.69 Å². The SMILES string of the molecule is Cc1cnc2c(C(=O)N[C@@H]3C[C@H]4CO[C@@H](c5ccccc5)CN4C3)cnn2c1. The highest BCUT2D eigenvalue weighted by Gasteiger charge is 2.38. The minimum Gasteiger partial charge on any atom is -0.371 e. The predicted octanol–water partition coefficient (Wildman–Crippen LogP) is 1.98. The number of nitrogens with one attached hydrogen (secondary N) is 1. The molecule has 0 unspecified atom stereocenters. The maximum absolute atomic E-state index is 12.8. The molecular weight excluding hydrogens is 354 g/mol. The van der Waals surface area contributed by atoms with Crippen molar-refractivity contribution >= 4 is 11.6 Å². The highest BCUT2D eigenvalue weighted by Crippen LogP contribution is 2.30. The number of rotatable bonds is 3. The van der Waals surface area contributed by atoms with Crippen LogP contribution in [0, 0.1) is 6.92 Å². The molecule has 0 radical (unpaired) electrons. The van der Waals surface area contributed by atoms with Crippen LogP contribution in [0.1, 0.15) is 34.0 Å². The molecule has 2 aliphatic rings. The fourth-order valence-corrected chi connectivity index (χ4v) is 4.24. The zero-order chi connectivity index (χ0) is 19.1. The molecule has 2 fully saturated rings. The second-order valence-corrected chi connectivity index (χ2v) is 7.70. The normalized spacial score (nSPS) is 25.0. The molecule has 5 rings (SSSR count). The lowest BCUT2D eigenvalue weighted by Gasteiger charge is -2.35. The molecule has 1 aromatic carbocycles. The molecule has 2 aromatic heterocycles. The van der Waals surface area contributed by atoms with Gasteiger partial charge < -0.3 is 10.1 Å². The summed E-state index contributed by atoms with van der Waals surface area (Å²) in [6, 6.07) is 10.8. The van der Waals surface area contributed by atoms with Crippen molar-refractivity contribution in [1.82, 2.24) is 24.8 Å². The van der Waals surface area contributed by atoms with Crippen LogP contribution in [0.4, 0.5) is 0 Å². The molecule has 3 atom stereocenters. The molecule has 0 aliphatic carbocycles. The van der Waals surface area contributed by atoms with Gasteiger partial charge in [0.25, 0.3) is 5.91 Å². The first-order valence-electron chi connectivity index (χ1n) is 9.69. The van der Waals surface area contributed by atoms with Gasteiger partial charge in [-0.1, -0.05) is 30.3 Å². The molecule has 7 heteroatoms. The van der Waals surface area contributed by atoms with Gasteiger partial charge in [0.15, 0.2) is 5.65 Å². The zero-order valence-electron chi connectivity index (χ0n) is 15.8. The van der Waals surface area contributed by atoms with Gasteiger partial charge in [0, 0.05) is 37.6 Å². The van der Waals surface area contributed by atoms with E-state index in [-0.39, 0.29) is 18.1 Å². The maximum Gasteiger partial charge on any atom is 0.257 e. The average Bonchev–Trinajstić information content (AvgIpc) is 3.30. The summed E-state index contributed by atoms with van der Waals surface area (Å²) < 4.78 is 7.75. The summed E-state index contributed by atoms with van der Waals surface area (Å²) in [6.07, 6.45) is 6.21. The van der Waals surface area contributed by atoms with Crippen LogP contribution in [0.25, 0.3) is 5.65 Å². The van der Waals surface area contributed by atoms with Crippen LogP contribution < -0.4 is 5.32 Å². The number of carbonyl (C=O) groups is 1. The Morgan fingerprint density at radius 3 is 2.93 bits per heavy atom. The van der Waals surface area contributed by atoms with Gasteiger partial charge in [0.2, 0.25) is 0 Å². The van der Waals surface area contributed by atoms with Crippen LogP contribution in [0.15, 0.2) is 48.9 Å². The van der Waals surface area contributed by atoms with Crippen molar-refractivity contribution < 1.29 is 9.53 Å². The number of benzene rings is 1. The molecule has 28 heavy (non-hydrogen) atoms. The first-order valence-corrected chi connectivity index (χ1v) is 9.69. The van der Waals surface area contributed by atoms with Gasteiger partial charge in [0.05, 0.1) is 18.9 Å². The highest BCUT2D eigenvalue weighted by atomic mass is 16.5. The summed E-state index contributed by atoms with van der Waals surface area (Å²) in [5.41, 5.74) is 3.32. The number of nitrogens with zero attached hydrogens (tertiary/aromatic N) is 4. The minimum atomic E-state index is -0.114. The van der Waals surface area contributed by atoms with E-state index in [0.717, 1.165) is 25.1 Å². The molecule has 7 nitrogen and oxygen atoms in total. The van der Waals surface area contributed by atoms with Gasteiger partial charge in [0.1, 0.15) is 5.56 Å². The Labute approximate surface area is 163 Å². The van der Waals surface area contributed by atoms with E-state index in [1.807, 2.05) is 31.3 Å². The van der Waals surface area contributed by atoms with Gasteiger partial charge in [-0.15, -0.1) is 0 Å². The van der Waals surface area contributed by atoms with Crippen molar-refractivity contribution in [2.75, 3.05) is 19.7 Å². The third-order valence-electron chi connectivity index (χ3n) is 5.65. The van der Waals surface area contributed by atoms with Crippen LogP contribution in [-0.4, -0.2) is 57.2 Å². The molecule has 0 spiro atoms. The van der Waals surface area contributed by atoms with Crippen LogP contribution in [0.2, 0.25) is 0 Å². The second-order valence-electron chi connectivity index (χ2n) is 7.70. The Morgan fingerprint density at radius 1 is 1.21 bits per heavy atom. The van der Waals surface area contributed by atoms with Gasteiger partial charge in [-0.25, -0.2) is 9.50 Å². The van der Waals surface area contributed by atoms with Crippen LogP contribution >= 0.6 is 0 Å². The smallest absolute Gasteiger partial charge is 0.257 e. The van der Waals surface area contributed by atoms with Crippen LogP contribution in [0.3, 0.4) is 0 Å². The second kappa shape index (κ2) is 7.00. The molecule has 2 aliphatic heterocycles. The van der Waals surface area contributed by atoms with Crippen molar-refractivity contribution in [3.63, 3.8) is 0 Å². The summed E-state index contributed by atoms with van der Waals surface area (Å²) in [7, 11) is 0. The summed E-state index contributed by atoms with van der Waals surface area (Å²) in [6.45, 7) is 4.35. The van der Waals surface area contributed by atoms with Gasteiger partial charge in [-0.05, 0) is 24.5 Å². The summed E-state index contributed by atoms with van der Waals surface area (Å²) in [5, 5.41) is 7.42. The average molecular weight is 377 g/mol. The molecule has 3 aromatic rings. The summed E-state index contributed by atoms with van der Waals surface area (Å²) >= 11 is 0. The Balaban J connectivity index is 1.25. The van der Waals surface area contributed by atoms with Crippen LogP contribution in [-0.2, 0) is 4.74 Å². The number of morpholine rings is 1. The number of amides is 1. The molecule has 0 bridgehead atoms. The molecule has 2 saturated heterocycles. The quantitative estimate of drug-likeness (QED) is 0.756. The first-order chi connectivity index (χ1) is 13.7. The number of carbonyl (C=O) groups excluding carboxylic acids is 1. The summed E-state index contributed by atoms with van der Waals surface area (Å²) in [4.78, 5) is 19.6. The van der Waals surface area contributed by atoms with E-state index in [1.54, 1.807) is 16.9 Å². The van der Waals surface area contributed by atoms with E-state index in [2.05, 4.69) is 32.4 Å². The Morgan fingerprint density at radius 2 is 2.07 bits per heavy atom. The standard InChI is InChI=1S/C21H23N5O2/c1-14-8-22-20-18(9-23-26(20)10-14)21(27)24-16-7-17-13-28-19(12-25(17)11-16)15-5-3-2-4-6-15/h2-6,8-10,16-17,19H,7,11-13H2,1H3,(H,24,27)/t16-,17+,19-/m1/s1. The van der Waals surface area contributed by atoms with E-state index >= 15 is 0 Å². The molecule has 144 valence electrons. The molecule has 4 heterocycles. The number of hydrogen-bond acceptors (Lipinski definition) is 5.